The van der Waals surface area contributed by atoms with E-state index in [9.17, 15) is 9.59 Å². The van der Waals surface area contributed by atoms with Crippen molar-refractivity contribution in [3.8, 4) is 0 Å². The highest BCUT2D eigenvalue weighted by Crippen LogP contribution is 2.11. The van der Waals surface area contributed by atoms with Crippen LogP contribution in [0.15, 0.2) is 0 Å². The fourth-order valence-electron chi connectivity index (χ4n) is 2.34. The summed E-state index contributed by atoms with van der Waals surface area (Å²) in [6.45, 7) is 3.10. The minimum absolute atomic E-state index is 0.0185. The van der Waals surface area contributed by atoms with Gasteiger partial charge in [0.15, 0.2) is 0 Å². The number of carbonyl (C=O) groups excluding carboxylic acids is 2. The average Bonchev–Trinajstić information content (AvgIpc) is 2.68. The Bertz CT molecular complexity index is 293. The van der Waals surface area contributed by atoms with Crippen molar-refractivity contribution in [3.63, 3.8) is 0 Å². The maximum Gasteiger partial charge on any atom is 0.242 e. The third kappa shape index (κ3) is 2.52. The van der Waals surface area contributed by atoms with E-state index in [2.05, 4.69) is 22.9 Å². The molecule has 0 radical (unpaired) electrons. The van der Waals surface area contributed by atoms with Crippen LogP contribution in [0.4, 0.5) is 0 Å². The standard InChI is InChI=1S/C11H19N3O2/c1-7-8(3-2-6-12-7)14-11(16)9-4-5-10(15)13-9/h7-9,12H,2-6H2,1H3,(H,13,15)(H,14,16). The van der Waals surface area contributed by atoms with Crippen molar-refractivity contribution >= 4 is 11.8 Å². The van der Waals surface area contributed by atoms with Crippen LogP contribution in [0.3, 0.4) is 0 Å². The Morgan fingerprint density at radius 3 is 2.88 bits per heavy atom. The number of hydrogen-bond donors (Lipinski definition) is 3. The van der Waals surface area contributed by atoms with Crippen LogP contribution in [0.5, 0.6) is 0 Å². The smallest absolute Gasteiger partial charge is 0.242 e. The van der Waals surface area contributed by atoms with Crippen molar-refractivity contribution in [1.82, 2.24) is 16.0 Å². The van der Waals surface area contributed by atoms with Crippen LogP contribution in [0.1, 0.15) is 32.6 Å². The summed E-state index contributed by atoms with van der Waals surface area (Å²) in [5.74, 6) is -0.0543. The highest BCUT2D eigenvalue weighted by atomic mass is 16.2. The van der Waals surface area contributed by atoms with Gasteiger partial charge in [0.05, 0.1) is 0 Å². The minimum Gasteiger partial charge on any atom is -0.350 e. The first-order valence-electron chi connectivity index (χ1n) is 6.00. The van der Waals surface area contributed by atoms with Crippen molar-refractivity contribution in [2.24, 2.45) is 0 Å². The molecule has 0 saturated carbocycles. The summed E-state index contributed by atoms with van der Waals surface area (Å²) in [7, 11) is 0. The highest BCUT2D eigenvalue weighted by molar-refractivity contribution is 5.90. The van der Waals surface area contributed by atoms with Gasteiger partial charge in [-0.15, -0.1) is 0 Å². The van der Waals surface area contributed by atoms with Gasteiger partial charge < -0.3 is 16.0 Å². The van der Waals surface area contributed by atoms with Crippen molar-refractivity contribution in [1.29, 1.82) is 0 Å². The van der Waals surface area contributed by atoms with Gasteiger partial charge in [-0.1, -0.05) is 0 Å². The molecular formula is C11H19N3O2. The molecule has 16 heavy (non-hydrogen) atoms. The first kappa shape index (κ1) is 11.4. The molecule has 3 atom stereocenters. The Labute approximate surface area is 95.3 Å². The van der Waals surface area contributed by atoms with Gasteiger partial charge in [0.1, 0.15) is 6.04 Å². The number of piperidine rings is 1. The summed E-state index contributed by atoms with van der Waals surface area (Å²) in [5.41, 5.74) is 0. The Kier molecular flexibility index (Phi) is 3.43. The third-order valence-corrected chi connectivity index (χ3v) is 3.40. The summed E-state index contributed by atoms with van der Waals surface area (Å²) >= 11 is 0. The number of hydrogen-bond acceptors (Lipinski definition) is 3. The largest absolute Gasteiger partial charge is 0.350 e. The lowest BCUT2D eigenvalue weighted by Crippen LogP contribution is -2.55. The van der Waals surface area contributed by atoms with E-state index in [4.69, 9.17) is 0 Å². The monoisotopic (exact) mass is 225 g/mol. The zero-order valence-corrected chi connectivity index (χ0v) is 9.58. The number of carbonyl (C=O) groups is 2. The summed E-state index contributed by atoms with van der Waals surface area (Å²) < 4.78 is 0. The molecule has 0 aromatic carbocycles. The van der Waals surface area contributed by atoms with E-state index in [1.54, 1.807) is 0 Å². The Balaban J connectivity index is 1.84. The fraction of sp³-hybridized carbons (Fsp3) is 0.818. The molecule has 0 aromatic heterocycles. The molecule has 0 bridgehead atoms. The van der Waals surface area contributed by atoms with Gasteiger partial charge in [-0.2, -0.15) is 0 Å². The van der Waals surface area contributed by atoms with Crippen molar-refractivity contribution in [3.05, 3.63) is 0 Å². The van der Waals surface area contributed by atoms with Crippen LogP contribution >= 0.6 is 0 Å². The van der Waals surface area contributed by atoms with Gasteiger partial charge in [0.2, 0.25) is 11.8 Å². The fourth-order valence-corrected chi connectivity index (χ4v) is 2.34. The lowest BCUT2D eigenvalue weighted by Gasteiger charge is -2.31. The van der Waals surface area contributed by atoms with Crippen LogP contribution in [0.25, 0.3) is 0 Å². The van der Waals surface area contributed by atoms with E-state index in [0.717, 1.165) is 19.4 Å². The van der Waals surface area contributed by atoms with Gasteiger partial charge in [-0.3, -0.25) is 9.59 Å². The molecule has 0 aromatic rings. The number of amides is 2. The van der Waals surface area contributed by atoms with E-state index in [0.29, 0.717) is 18.9 Å². The van der Waals surface area contributed by atoms with Gasteiger partial charge in [-0.25, -0.2) is 0 Å². The lowest BCUT2D eigenvalue weighted by molar-refractivity contribution is -0.126. The molecule has 2 amide bonds. The summed E-state index contributed by atoms with van der Waals surface area (Å²) in [6, 6.07) is 0.190. The molecule has 3 N–H and O–H groups in total. The molecule has 0 aliphatic carbocycles. The average molecular weight is 225 g/mol. The lowest BCUT2D eigenvalue weighted by atomic mass is 9.99. The molecule has 2 heterocycles. The van der Waals surface area contributed by atoms with Crippen LogP contribution in [-0.4, -0.2) is 36.5 Å². The molecule has 2 saturated heterocycles. The second-order valence-electron chi connectivity index (χ2n) is 4.66. The number of rotatable bonds is 2. The van der Waals surface area contributed by atoms with Crippen molar-refractivity contribution in [2.45, 2.75) is 50.7 Å². The van der Waals surface area contributed by atoms with E-state index < -0.39 is 0 Å². The predicted octanol–water partition coefficient (Wildman–Crippen LogP) is -0.478. The van der Waals surface area contributed by atoms with E-state index in [1.165, 1.54) is 0 Å². The van der Waals surface area contributed by atoms with Gasteiger partial charge >= 0.3 is 0 Å². The molecule has 0 spiro atoms. The Hall–Kier alpha value is -1.10. The van der Waals surface area contributed by atoms with Crippen LogP contribution in [0.2, 0.25) is 0 Å². The minimum atomic E-state index is -0.318. The normalized spacial score (nSPS) is 34.6. The van der Waals surface area contributed by atoms with Crippen LogP contribution in [-0.2, 0) is 9.59 Å². The molecule has 2 aliphatic heterocycles. The molecular weight excluding hydrogens is 206 g/mol. The third-order valence-electron chi connectivity index (χ3n) is 3.40. The second kappa shape index (κ2) is 4.82. The summed E-state index contributed by atoms with van der Waals surface area (Å²) in [6.07, 6.45) is 3.20. The van der Waals surface area contributed by atoms with Gasteiger partial charge in [-0.05, 0) is 32.7 Å². The Morgan fingerprint density at radius 2 is 2.25 bits per heavy atom. The van der Waals surface area contributed by atoms with Gasteiger partial charge in [0.25, 0.3) is 0 Å². The molecule has 5 nitrogen and oxygen atoms in total. The first-order chi connectivity index (χ1) is 7.66. The van der Waals surface area contributed by atoms with Crippen molar-refractivity contribution in [2.75, 3.05) is 6.54 Å². The topological polar surface area (TPSA) is 70.2 Å². The maximum atomic E-state index is 11.9. The molecule has 2 aliphatic rings. The van der Waals surface area contributed by atoms with E-state index in [-0.39, 0.29) is 23.9 Å². The van der Waals surface area contributed by atoms with Crippen molar-refractivity contribution < 1.29 is 9.59 Å². The van der Waals surface area contributed by atoms with Crippen LogP contribution in [0, 0.1) is 0 Å². The Morgan fingerprint density at radius 1 is 1.44 bits per heavy atom. The zero-order chi connectivity index (χ0) is 11.5. The summed E-state index contributed by atoms with van der Waals surface area (Å²) in [5, 5.41) is 9.04. The molecule has 2 fully saturated rings. The second-order valence-corrected chi connectivity index (χ2v) is 4.66. The van der Waals surface area contributed by atoms with Gasteiger partial charge in [0, 0.05) is 18.5 Å². The molecule has 2 rings (SSSR count). The molecule has 5 heteroatoms. The highest BCUT2D eigenvalue weighted by Gasteiger charge is 2.30. The number of nitrogens with one attached hydrogen (secondary N) is 3. The van der Waals surface area contributed by atoms with E-state index >= 15 is 0 Å². The quantitative estimate of drug-likeness (QED) is 0.594. The van der Waals surface area contributed by atoms with E-state index in [1.807, 2.05) is 0 Å². The summed E-state index contributed by atoms with van der Waals surface area (Å²) in [4.78, 5) is 22.9. The molecule has 3 unspecified atom stereocenters. The zero-order valence-electron chi connectivity index (χ0n) is 9.58. The maximum absolute atomic E-state index is 11.9. The first-order valence-corrected chi connectivity index (χ1v) is 6.00. The predicted molar refractivity (Wildman–Crippen MR) is 59.8 cm³/mol. The van der Waals surface area contributed by atoms with Crippen LogP contribution < -0.4 is 16.0 Å². The molecule has 90 valence electrons. The SMILES string of the molecule is CC1NCCCC1NC(=O)C1CCC(=O)N1.